The maximum atomic E-state index is 13.1. The monoisotopic (exact) mass is 490 g/mol. The molecule has 10 heteroatoms. The largest absolute Gasteiger partial charge is 0.462 e. The molecule has 0 radical (unpaired) electrons. The number of ketones is 1. The van der Waals surface area contributed by atoms with E-state index in [4.69, 9.17) is 14.2 Å². The molecule has 10 nitrogen and oxygen atoms in total. The Kier molecular flexibility index (Phi) is 6.77. The SMILES string of the molecule is CCOC(=O)C1=C(Nc2ccc(NC(=O)OC(C)(C)C)cc2)OC(=Cc2c[nH]c3ncccc23)C1=O. The number of H-pyrrole nitrogens is 1. The molecule has 0 saturated carbocycles. The van der Waals surface area contributed by atoms with Crippen molar-refractivity contribution in [2.45, 2.75) is 33.3 Å². The van der Waals surface area contributed by atoms with Gasteiger partial charge in [-0.05, 0) is 70.2 Å². The number of rotatable bonds is 6. The molecule has 0 aliphatic carbocycles. The molecule has 0 fully saturated rings. The molecule has 3 heterocycles. The zero-order valence-electron chi connectivity index (χ0n) is 20.3. The summed E-state index contributed by atoms with van der Waals surface area (Å²) < 4.78 is 16.1. The number of amides is 1. The molecule has 0 saturated heterocycles. The standard InChI is InChI=1S/C26H26N4O6/c1-5-34-24(32)20-21(31)19(13-15-14-28-22-18(15)7-6-12-27-22)35-23(20)29-16-8-10-17(11-9-16)30-25(33)36-26(2,3)4/h6-14,29H,5H2,1-4H3,(H,27,28)(H,30,33). The minimum absolute atomic E-state index is 0.0338. The Morgan fingerprint density at radius 2 is 1.86 bits per heavy atom. The van der Waals surface area contributed by atoms with E-state index in [1.807, 2.05) is 6.07 Å². The highest BCUT2D eigenvalue weighted by Crippen LogP contribution is 2.30. The van der Waals surface area contributed by atoms with Crippen molar-refractivity contribution in [2.75, 3.05) is 17.2 Å². The van der Waals surface area contributed by atoms with Gasteiger partial charge < -0.3 is 24.5 Å². The Morgan fingerprint density at radius 3 is 2.56 bits per heavy atom. The predicted molar refractivity (Wildman–Crippen MR) is 134 cm³/mol. The van der Waals surface area contributed by atoms with E-state index in [-0.39, 0.29) is 23.8 Å². The van der Waals surface area contributed by atoms with Crippen LogP contribution in [-0.4, -0.2) is 40.0 Å². The van der Waals surface area contributed by atoms with Crippen molar-refractivity contribution in [2.24, 2.45) is 0 Å². The smallest absolute Gasteiger partial charge is 0.412 e. The molecule has 1 aromatic carbocycles. The second-order valence-corrected chi connectivity index (χ2v) is 8.84. The summed E-state index contributed by atoms with van der Waals surface area (Å²) in [7, 11) is 0. The number of benzene rings is 1. The van der Waals surface area contributed by atoms with Gasteiger partial charge in [-0.1, -0.05) is 0 Å². The van der Waals surface area contributed by atoms with E-state index < -0.39 is 23.4 Å². The van der Waals surface area contributed by atoms with Crippen molar-refractivity contribution >= 4 is 46.3 Å². The number of Topliss-reactive ketones (excluding diaryl/α,β-unsaturated/α-hetero) is 1. The number of esters is 1. The van der Waals surface area contributed by atoms with Crippen molar-refractivity contribution < 1.29 is 28.6 Å². The molecule has 0 spiro atoms. The normalized spacial score (nSPS) is 14.7. The Balaban J connectivity index is 1.56. The molecule has 36 heavy (non-hydrogen) atoms. The van der Waals surface area contributed by atoms with Crippen LogP contribution in [0.4, 0.5) is 16.2 Å². The fourth-order valence-electron chi connectivity index (χ4n) is 3.43. The summed E-state index contributed by atoms with van der Waals surface area (Å²) in [6.45, 7) is 7.07. The van der Waals surface area contributed by atoms with E-state index in [0.29, 0.717) is 22.6 Å². The van der Waals surface area contributed by atoms with Crippen LogP contribution in [0, 0.1) is 0 Å². The molecule has 0 bridgehead atoms. The molecule has 3 aromatic rings. The Bertz CT molecular complexity index is 1380. The van der Waals surface area contributed by atoms with E-state index >= 15 is 0 Å². The topological polar surface area (TPSA) is 132 Å². The van der Waals surface area contributed by atoms with E-state index in [2.05, 4.69) is 20.6 Å². The molecule has 186 valence electrons. The maximum absolute atomic E-state index is 13.1. The fourth-order valence-corrected chi connectivity index (χ4v) is 3.43. The number of nitrogens with zero attached hydrogens (tertiary/aromatic N) is 1. The summed E-state index contributed by atoms with van der Waals surface area (Å²) in [5.74, 6) is -1.47. The lowest BCUT2D eigenvalue weighted by molar-refractivity contribution is -0.139. The minimum Gasteiger partial charge on any atom is -0.462 e. The summed E-state index contributed by atoms with van der Waals surface area (Å²) in [4.78, 5) is 44.9. The van der Waals surface area contributed by atoms with Crippen LogP contribution in [0.15, 0.2) is 66.0 Å². The summed E-state index contributed by atoms with van der Waals surface area (Å²) in [5, 5.41) is 6.40. The molecule has 1 amide bonds. The second kappa shape index (κ2) is 9.95. The molecule has 1 aliphatic heterocycles. The molecule has 3 N–H and O–H groups in total. The maximum Gasteiger partial charge on any atom is 0.412 e. The highest BCUT2D eigenvalue weighted by molar-refractivity contribution is 6.26. The van der Waals surface area contributed by atoms with Gasteiger partial charge in [-0.3, -0.25) is 10.1 Å². The van der Waals surface area contributed by atoms with Gasteiger partial charge >= 0.3 is 12.1 Å². The van der Waals surface area contributed by atoms with Gasteiger partial charge in [-0.25, -0.2) is 14.6 Å². The van der Waals surface area contributed by atoms with Crippen molar-refractivity contribution in [3.63, 3.8) is 0 Å². The van der Waals surface area contributed by atoms with Gasteiger partial charge in [-0.15, -0.1) is 0 Å². The first-order chi connectivity index (χ1) is 17.1. The first-order valence-corrected chi connectivity index (χ1v) is 11.3. The van der Waals surface area contributed by atoms with Gasteiger partial charge in [0.1, 0.15) is 11.2 Å². The van der Waals surface area contributed by atoms with Gasteiger partial charge in [0.25, 0.3) is 0 Å². The van der Waals surface area contributed by atoms with E-state index in [9.17, 15) is 14.4 Å². The van der Waals surface area contributed by atoms with Gasteiger partial charge in [-0.2, -0.15) is 0 Å². The number of pyridine rings is 1. The van der Waals surface area contributed by atoms with Crippen molar-refractivity contribution in [3.8, 4) is 0 Å². The second-order valence-electron chi connectivity index (χ2n) is 8.84. The first kappa shape index (κ1) is 24.5. The van der Waals surface area contributed by atoms with E-state index in [1.54, 1.807) is 76.5 Å². The lowest BCUT2D eigenvalue weighted by Gasteiger charge is -2.19. The van der Waals surface area contributed by atoms with Crippen LogP contribution in [-0.2, 0) is 23.8 Å². The molecular weight excluding hydrogens is 464 g/mol. The lowest BCUT2D eigenvalue weighted by Crippen LogP contribution is -2.27. The average Bonchev–Trinajstić information content (AvgIpc) is 3.35. The van der Waals surface area contributed by atoms with Crippen LogP contribution in [0.5, 0.6) is 0 Å². The quantitative estimate of drug-likeness (QED) is 0.257. The van der Waals surface area contributed by atoms with Gasteiger partial charge in [0.15, 0.2) is 11.3 Å². The number of carbonyl (C=O) groups is 3. The Hall–Kier alpha value is -4.60. The highest BCUT2D eigenvalue weighted by Gasteiger charge is 2.37. The van der Waals surface area contributed by atoms with Crippen LogP contribution in [0.2, 0.25) is 0 Å². The summed E-state index contributed by atoms with van der Waals surface area (Å²) in [5.41, 5.74) is 1.51. The van der Waals surface area contributed by atoms with Crippen LogP contribution in [0.1, 0.15) is 33.3 Å². The number of fused-ring (bicyclic) bond motifs is 1. The number of aromatic nitrogens is 2. The molecule has 4 rings (SSSR count). The molecular formula is C26H26N4O6. The summed E-state index contributed by atoms with van der Waals surface area (Å²) in [6, 6.07) is 10.2. The number of nitrogens with one attached hydrogen (secondary N) is 3. The van der Waals surface area contributed by atoms with Crippen molar-refractivity contribution in [3.05, 3.63) is 71.6 Å². The number of hydrogen-bond acceptors (Lipinski definition) is 8. The third-order valence-electron chi connectivity index (χ3n) is 4.93. The number of anilines is 2. The van der Waals surface area contributed by atoms with Gasteiger partial charge in [0, 0.05) is 34.7 Å². The minimum atomic E-state index is -0.794. The molecule has 1 aliphatic rings. The third-order valence-corrected chi connectivity index (χ3v) is 4.93. The number of ether oxygens (including phenoxy) is 3. The van der Waals surface area contributed by atoms with Crippen LogP contribution >= 0.6 is 0 Å². The van der Waals surface area contributed by atoms with Gasteiger partial charge in [0.05, 0.1) is 6.61 Å². The Labute approximate surface area is 207 Å². The van der Waals surface area contributed by atoms with Crippen LogP contribution in [0.25, 0.3) is 17.1 Å². The molecule has 2 aromatic heterocycles. The lowest BCUT2D eigenvalue weighted by atomic mass is 10.1. The summed E-state index contributed by atoms with van der Waals surface area (Å²) >= 11 is 0. The zero-order valence-corrected chi connectivity index (χ0v) is 20.3. The number of aromatic amines is 1. The average molecular weight is 491 g/mol. The van der Waals surface area contributed by atoms with Crippen LogP contribution < -0.4 is 10.6 Å². The summed E-state index contributed by atoms with van der Waals surface area (Å²) in [6.07, 6.45) is 4.32. The molecule has 0 atom stereocenters. The van der Waals surface area contributed by atoms with Gasteiger partial charge in [0.2, 0.25) is 11.7 Å². The zero-order chi connectivity index (χ0) is 25.9. The van der Waals surface area contributed by atoms with E-state index in [1.165, 1.54) is 0 Å². The Morgan fingerprint density at radius 1 is 1.14 bits per heavy atom. The number of allylic oxidation sites excluding steroid dienone is 1. The number of hydrogen-bond donors (Lipinski definition) is 3. The number of carbonyl (C=O) groups excluding carboxylic acids is 3. The fraction of sp³-hybridized carbons (Fsp3) is 0.231. The van der Waals surface area contributed by atoms with Crippen LogP contribution in [0.3, 0.4) is 0 Å². The van der Waals surface area contributed by atoms with Crippen molar-refractivity contribution in [1.82, 2.24) is 9.97 Å². The third kappa shape index (κ3) is 5.54. The molecule has 0 unspecified atom stereocenters. The predicted octanol–water partition coefficient (Wildman–Crippen LogP) is 4.74. The first-order valence-electron chi connectivity index (χ1n) is 11.3. The van der Waals surface area contributed by atoms with Crippen molar-refractivity contribution in [1.29, 1.82) is 0 Å². The van der Waals surface area contributed by atoms with E-state index in [0.717, 1.165) is 5.39 Å². The highest BCUT2D eigenvalue weighted by atomic mass is 16.6.